The first-order valence-corrected chi connectivity index (χ1v) is 10.9. The average Bonchev–Trinajstić information content (AvgIpc) is 3.31. The molecule has 0 spiro atoms. The molecule has 1 aromatic carbocycles. The maximum Gasteiger partial charge on any atom is 0.254 e. The number of hydrogen-bond acceptors (Lipinski definition) is 7. The average molecular weight is 452 g/mol. The SMILES string of the molecule is O=C1C/C(=C\c2cnn3c(NC4CCNCC4)cc(Nc4cccc(Cl)c4)nc23)C(=O)N1. The van der Waals surface area contributed by atoms with E-state index in [9.17, 15) is 9.59 Å². The lowest BCUT2D eigenvalue weighted by molar-refractivity contribution is -0.124. The van der Waals surface area contributed by atoms with E-state index in [0.29, 0.717) is 33.7 Å². The van der Waals surface area contributed by atoms with Gasteiger partial charge in [0.1, 0.15) is 11.6 Å². The number of hydrogen-bond donors (Lipinski definition) is 4. The van der Waals surface area contributed by atoms with Crippen LogP contribution >= 0.6 is 11.6 Å². The van der Waals surface area contributed by atoms with Gasteiger partial charge < -0.3 is 16.0 Å². The van der Waals surface area contributed by atoms with Crippen LogP contribution in [0.4, 0.5) is 17.3 Å². The lowest BCUT2D eigenvalue weighted by Gasteiger charge is -2.25. The van der Waals surface area contributed by atoms with Gasteiger partial charge in [0, 0.05) is 34.0 Å². The van der Waals surface area contributed by atoms with Crippen LogP contribution in [0.3, 0.4) is 0 Å². The van der Waals surface area contributed by atoms with Crippen LogP contribution in [-0.2, 0) is 9.59 Å². The number of imide groups is 1. The molecule has 2 fully saturated rings. The molecular weight excluding hydrogens is 430 g/mol. The molecule has 4 N–H and O–H groups in total. The van der Waals surface area contributed by atoms with Gasteiger partial charge in [-0.15, -0.1) is 0 Å². The van der Waals surface area contributed by atoms with Crippen molar-refractivity contribution in [2.75, 3.05) is 23.7 Å². The second-order valence-electron chi connectivity index (χ2n) is 7.89. The number of carbonyl (C=O) groups is 2. The fourth-order valence-corrected chi connectivity index (χ4v) is 4.14. The van der Waals surface area contributed by atoms with Gasteiger partial charge in [0.15, 0.2) is 5.65 Å². The van der Waals surface area contributed by atoms with Gasteiger partial charge in [-0.25, -0.2) is 4.98 Å². The molecule has 2 aliphatic heterocycles. The van der Waals surface area contributed by atoms with Crippen LogP contribution in [0.25, 0.3) is 11.7 Å². The Morgan fingerprint density at radius 1 is 1.19 bits per heavy atom. The van der Waals surface area contributed by atoms with Crippen LogP contribution in [0.15, 0.2) is 42.1 Å². The lowest BCUT2D eigenvalue weighted by atomic mass is 10.1. The molecule has 0 unspecified atom stereocenters. The van der Waals surface area contributed by atoms with Crippen LogP contribution in [0.2, 0.25) is 5.02 Å². The number of amides is 2. The zero-order valence-corrected chi connectivity index (χ0v) is 17.9. The Morgan fingerprint density at radius 2 is 2.03 bits per heavy atom. The van der Waals surface area contributed by atoms with E-state index in [1.165, 1.54) is 0 Å². The molecule has 0 saturated carbocycles. The first kappa shape index (κ1) is 20.5. The third kappa shape index (κ3) is 4.30. The number of nitrogens with zero attached hydrogens (tertiary/aromatic N) is 3. The molecule has 2 saturated heterocycles. The van der Waals surface area contributed by atoms with E-state index in [1.807, 2.05) is 30.3 Å². The van der Waals surface area contributed by atoms with Crippen molar-refractivity contribution in [2.24, 2.45) is 0 Å². The largest absolute Gasteiger partial charge is 0.367 e. The zero-order chi connectivity index (χ0) is 22.1. The van der Waals surface area contributed by atoms with Gasteiger partial charge in [0.25, 0.3) is 5.91 Å². The highest BCUT2D eigenvalue weighted by molar-refractivity contribution is 6.30. The molecular formula is C22H22ClN7O2. The maximum atomic E-state index is 12.0. The van der Waals surface area contributed by atoms with Crippen LogP contribution < -0.4 is 21.3 Å². The van der Waals surface area contributed by atoms with Crippen molar-refractivity contribution >= 4 is 52.5 Å². The third-order valence-electron chi connectivity index (χ3n) is 5.51. The summed E-state index contributed by atoms with van der Waals surface area (Å²) in [7, 11) is 0. The van der Waals surface area contributed by atoms with E-state index in [0.717, 1.165) is 37.4 Å². The van der Waals surface area contributed by atoms with Crippen molar-refractivity contribution in [3.63, 3.8) is 0 Å². The van der Waals surface area contributed by atoms with E-state index in [2.05, 4.69) is 26.4 Å². The molecule has 32 heavy (non-hydrogen) atoms. The molecule has 4 heterocycles. The van der Waals surface area contributed by atoms with Crippen molar-refractivity contribution in [1.82, 2.24) is 25.2 Å². The summed E-state index contributed by atoms with van der Waals surface area (Å²) in [5, 5.41) is 17.7. The minimum absolute atomic E-state index is 0.0524. The molecule has 0 radical (unpaired) electrons. The number of rotatable bonds is 5. The summed E-state index contributed by atoms with van der Waals surface area (Å²) in [5.41, 5.74) is 2.44. The Balaban J connectivity index is 1.55. The van der Waals surface area contributed by atoms with Gasteiger partial charge in [0.05, 0.1) is 12.6 Å². The summed E-state index contributed by atoms with van der Waals surface area (Å²) in [5.74, 6) is 0.726. The number of fused-ring (bicyclic) bond motifs is 1. The number of nitrogens with one attached hydrogen (secondary N) is 4. The molecule has 164 valence electrons. The van der Waals surface area contributed by atoms with Crippen LogP contribution in [0.1, 0.15) is 24.8 Å². The molecule has 3 aromatic rings. The Labute approximate surface area is 189 Å². The van der Waals surface area contributed by atoms with Crippen molar-refractivity contribution in [2.45, 2.75) is 25.3 Å². The topological polar surface area (TPSA) is 112 Å². The summed E-state index contributed by atoms with van der Waals surface area (Å²) < 4.78 is 1.73. The minimum atomic E-state index is -0.379. The summed E-state index contributed by atoms with van der Waals surface area (Å²) in [4.78, 5) is 28.3. The van der Waals surface area contributed by atoms with E-state index in [-0.39, 0.29) is 18.2 Å². The Kier molecular flexibility index (Phi) is 5.50. The highest BCUT2D eigenvalue weighted by Crippen LogP contribution is 2.26. The quantitative estimate of drug-likeness (QED) is 0.348. The van der Waals surface area contributed by atoms with Crippen LogP contribution in [-0.4, -0.2) is 45.5 Å². The second-order valence-corrected chi connectivity index (χ2v) is 8.33. The predicted octanol–water partition coefficient (Wildman–Crippen LogP) is 2.72. The summed E-state index contributed by atoms with van der Waals surface area (Å²) in [6, 6.07) is 9.62. The number of aromatic nitrogens is 3. The van der Waals surface area contributed by atoms with Gasteiger partial charge in [-0.2, -0.15) is 9.61 Å². The number of anilines is 3. The van der Waals surface area contributed by atoms with E-state index in [4.69, 9.17) is 16.6 Å². The number of carbonyl (C=O) groups excluding carboxylic acids is 2. The lowest BCUT2D eigenvalue weighted by Crippen LogP contribution is -2.35. The van der Waals surface area contributed by atoms with E-state index in [1.54, 1.807) is 16.8 Å². The molecule has 0 atom stereocenters. The minimum Gasteiger partial charge on any atom is -0.367 e. The van der Waals surface area contributed by atoms with Gasteiger partial charge in [-0.05, 0) is 50.2 Å². The summed E-state index contributed by atoms with van der Waals surface area (Å²) in [6.45, 7) is 1.91. The van der Waals surface area contributed by atoms with Crippen molar-refractivity contribution in [3.8, 4) is 0 Å². The number of piperidine rings is 1. The normalized spacial score (nSPS) is 18.3. The fraction of sp³-hybridized carbons (Fsp3) is 0.273. The standard InChI is InChI=1S/C22H22ClN7O2/c23-15-2-1-3-17(10-15)26-18-11-19(27-16-4-6-24-7-5-16)30-21(28-18)14(12-25-30)8-13-9-20(31)29-22(13)32/h1-3,8,10-12,16,24,27H,4-7,9H2,(H,26,28)(H,29,31,32)/b13-8+. The maximum absolute atomic E-state index is 12.0. The molecule has 0 aliphatic carbocycles. The number of benzene rings is 1. The molecule has 2 aliphatic rings. The monoisotopic (exact) mass is 451 g/mol. The summed E-state index contributed by atoms with van der Waals surface area (Å²) in [6.07, 6.45) is 5.38. The van der Waals surface area contributed by atoms with Crippen LogP contribution in [0.5, 0.6) is 0 Å². The molecule has 10 heteroatoms. The molecule has 0 bridgehead atoms. The van der Waals surface area contributed by atoms with E-state index < -0.39 is 0 Å². The van der Waals surface area contributed by atoms with Gasteiger partial charge in [0.2, 0.25) is 5.91 Å². The van der Waals surface area contributed by atoms with Crippen molar-refractivity contribution in [1.29, 1.82) is 0 Å². The third-order valence-corrected chi connectivity index (χ3v) is 5.75. The van der Waals surface area contributed by atoms with E-state index >= 15 is 0 Å². The fourth-order valence-electron chi connectivity index (χ4n) is 3.95. The Bertz CT molecular complexity index is 1230. The van der Waals surface area contributed by atoms with Crippen molar-refractivity contribution < 1.29 is 9.59 Å². The Morgan fingerprint density at radius 3 is 2.78 bits per heavy atom. The van der Waals surface area contributed by atoms with Gasteiger partial charge in [-0.3, -0.25) is 14.9 Å². The number of halogens is 1. The molecule has 2 amide bonds. The smallest absolute Gasteiger partial charge is 0.254 e. The van der Waals surface area contributed by atoms with Crippen LogP contribution in [0, 0.1) is 0 Å². The molecule has 9 nitrogen and oxygen atoms in total. The molecule has 2 aromatic heterocycles. The Hall–Kier alpha value is -3.43. The first-order valence-electron chi connectivity index (χ1n) is 10.5. The predicted molar refractivity (Wildman–Crippen MR) is 123 cm³/mol. The second kappa shape index (κ2) is 8.60. The summed E-state index contributed by atoms with van der Waals surface area (Å²) >= 11 is 6.13. The first-order chi connectivity index (χ1) is 15.5. The molecule has 5 rings (SSSR count). The highest BCUT2D eigenvalue weighted by Gasteiger charge is 2.24. The van der Waals surface area contributed by atoms with Gasteiger partial charge >= 0.3 is 0 Å². The zero-order valence-electron chi connectivity index (χ0n) is 17.2. The highest BCUT2D eigenvalue weighted by atomic mass is 35.5. The van der Waals surface area contributed by atoms with Gasteiger partial charge in [-0.1, -0.05) is 17.7 Å². The van der Waals surface area contributed by atoms with Crippen molar-refractivity contribution in [3.05, 3.63) is 52.7 Å².